The smallest absolute Gasteiger partial charge is 0.237 e. The number of carbonyl (C=O) groups is 1. The minimum atomic E-state index is -0.355. The summed E-state index contributed by atoms with van der Waals surface area (Å²) in [5.74, 6) is 1.52. The van der Waals surface area contributed by atoms with Crippen molar-refractivity contribution in [3.05, 3.63) is 0 Å². The molecule has 4 heteroatoms. The Labute approximate surface area is 97.6 Å². The fraction of sp³-hybridized carbons (Fsp3) is 0.909. The lowest BCUT2D eigenvalue weighted by Gasteiger charge is -2.18. The van der Waals surface area contributed by atoms with Crippen LogP contribution < -0.4 is 11.1 Å². The van der Waals surface area contributed by atoms with E-state index in [1.54, 1.807) is 11.8 Å². The molecule has 0 spiro atoms. The van der Waals surface area contributed by atoms with Gasteiger partial charge in [-0.1, -0.05) is 13.8 Å². The van der Waals surface area contributed by atoms with Gasteiger partial charge in [0.15, 0.2) is 0 Å². The summed E-state index contributed by atoms with van der Waals surface area (Å²) < 4.78 is 0. The Balaban J connectivity index is 3.80. The Morgan fingerprint density at radius 1 is 1.40 bits per heavy atom. The molecule has 15 heavy (non-hydrogen) atoms. The summed E-state index contributed by atoms with van der Waals surface area (Å²) in [6.45, 7) is 6.33. The van der Waals surface area contributed by atoms with E-state index in [9.17, 15) is 4.79 Å². The van der Waals surface area contributed by atoms with E-state index >= 15 is 0 Å². The van der Waals surface area contributed by atoms with Gasteiger partial charge < -0.3 is 11.1 Å². The predicted octanol–water partition coefficient (Wildman–Crippen LogP) is 1.62. The van der Waals surface area contributed by atoms with Crippen LogP contribution in [-0.2, 0) is 4.79 Å². The fourth-order valence-electron chi connectivity index (χ4n) is 1.49. The second kappa shape index (κ2) is 7.99. The molecule has 2 atom stereocenters. The summed E-state index contributed by atoms with van der Waals surface area (Å²) in [6, 6.07) is -0.134. The first kappa shape index (κ1) is 14.8. The molecule has 1 unspecified atom stereocenters. The summed E-state index contributed by atoms with van der Waals surface area (Å²) in [5, 5.41) is 2.95. The van der Waals surface area contributed by atoms with Crippen LogP contribution in [0.2, 0.25) is 0 Å². The maximum Gasteiger partial charge on any atom is 0.237 e. The van der Waals surface area contributed by atoms with Gasteiger partial charge in [-0.25, -0.2) is 0 Å². The van der Waals surface area contributed by atoms with E-state index < -0.39 is 0 Å². The molecule has 0 aromatic rings. The monoisotopic (exact) mass is 232 g/mol. The van der Waals surface area contributed by atoms with Crippen LogP contribution in [-0.4, -0.2) is 30.0 Å². The highest BCUT2D eigenvalue weighted by molar-refractivity contribution is 7.98. The molecule has 0 heterocycles. The van der Waals surface area contributed by atoms with Crippen molar-refractivity contribution in [2.45, 2.75) is 45.7 Å². The number of nitrogens with two attached hydrogens (primary N) is 1. The Bertz CT molecular complexity index is 185. The number of amides is 1. The van der Waals surface area contributed by atoms with Crippen molar-refractivity contribution >= 4 is 17.7 Å². The van der Waals surface area contributed by atoms with Crippen LogP contribution in [0, 0.1) is 5.92 Å². The molecule has 90 valence electrons. The predicted molar refractivity (Wildman–Crippen MR) is 68.0 cm³/mol. The molecule has 0 saturated carbocycles. The van der Waals surface area contributed by atoms with E-state index in [0.717, 1.165) is 18.6 Å². The van der Waals surface area contributed by atoms with Crippen LogP contribution in [0.4, 0.5) is 0 Å². The van der Waals surface area contributed by atoms with Gasteiger partial charge in [0, 0.05) is 6.04 Å². The molecule has 1 amide bonds. The van der Waals surface area contributed by atoms with Gasteiger partial charge in [0.1, 0.15) is 0 Å². The van der Waals surface area contributed by atoms with E-state index in [-0.39, 0.29) is 18.0 Å². The standard InChI is InChI=1S/C11H24N2OS/c1-8(2)7-9(3)13-11(14)10(12)5-6-15-4/h8-10H,5-7,12H2,1-4H3,(H,13,14)/t9?,10-/m0/s1. The average molecular weight is 232 g/mol. The summed E-state index contributed by atoms with van der Waals surface area (Å²) in [5.41, 5.74) is 5.76. The number of nitrogens with one attached hydrogen (secondary N) is 1. The Kier molecular flexibility index (Phi) is 7.88. The molecule has 0 saturated heterocycles. The zero-order valence-electron chi connectivity index (χ0n) is 10.2. The van der Waals surface area contributed by atoms with Gasteiger partial charge >= 0.3 is 0 Å². The van der Waals surface area contributed by atoms with E-state index in [1.807, 2.05) is 13.2 Å². The highest BCUT2D eigenvalue weighted by Crippen LogP contribution is 2.04. The third-order valence-corrected chi connectivity index (χ3v) is 2.83. The second-order valence-electron chi connectivity index (χ2n) is 4.43. The van der Waals surface area contributed by atoms with Gasteiger partial charge in [0.05, 0.1) is 6.04 Å². The molecular formula is C11H24N2OS. The summed E-state index contributed by atoms with van der Waals surface area (Å²) in [7, 11) is 0. The van der Waals surface area contributed by atoms with Gasteiger partial charge in [-0.15, -0.1) is 0 Å². The molecule has 0 radical (unpaired) electrons. The zero-order valence-corrected chi connectivity index (χ0v) is 11.1. The Morgan fingerprint density at radius 2 is 2.00 bits per heavy atom. The Hall–Kier alpha value is -0.220. The number of carbonyl (C=O) groups excluding carboxylic acids is 1. The van der Waals surface area contributed by atoms with Crippen molar-refractivity contribution in [2.75, 3.05) is 12.0 Å². The third kappa shape index (κ3) is 7.68. The molecule has 0 aromatic heterocycles. The zero-order chi connectivity index (χ0) is 11.8. The average Bonchev–Trinajstić information content (AvgIpc) is 2.12. The number of rotatable bonds is 7. The minimum absolute atomic E-state index is 0.0165. The molecule has 3 N–H and O–H groups in total. The van der Waals surface area contributed by atoms with E-state index in [2.05, 4.69) is 19.2 Å². The van der Waals surface area contributed by atoms with Crippen molar-refractivity contribution in [3.8, 4) is 0 Å². The van der Waals surface area contributed by atoms with Crippen molar-refractivity contribution in [1.82, 2.24) is 5.32 Å². The summed E-state index contributed by atoms with van der Waals surface area (Å²) >= 11 is 1.72. The molecule has 0 fully saturated rings. The molecule has 0 aliphatic rings. The highest BCUT2D eigenvalue weighted by atomic mass is 32.2. The van der Waals surface area contributed by atoms with Gasteiger partial charge in [-0.2, -0.15) is 11.8 Å². The summed E-state index contributed by atoms with van der Waals surface area (Å²) in [4.78, 5) is 11.6. The Morgan fingerprint density at radius 3 is 2.47 bits per heavy atom. The van der Waals surface area contributed by atoms with E-state index in [1.165, 1.54) is 0 Å². The van der Waals surface area contributed by atoms with Crippen LogP contribution in [0.1, 0.15) is 33.6 Å². The maximum absolute atomic E-state index is 11.6. The van der Waals surface area contributed by atoms with Crippen molar-refractivity contribution < 1.29 is 4.79 Å². The third-order valence-electron chi connectivity index (χ3n) is 2.18. The fourth-order valence-corrected chi connectivity index (χ4v) is 1.98. The first-order valence-corrected chi connectivity index (χ1v) is 6.91. The van der Waals surface area contributed by atoms with Crippen molar-refractivity contribution in [3.63, 3.8) is 0 Å². The molecule has 3 nitrogen and oxygen atoms in total. The van der Waals surface area contributed by atoms with Gasteiger partial charge in [-0.05, 0) is 37.7 Å². The molecular weight excluding hydrogens is 208 g/mol. The van der Waals surface area contributed by atoms with Crippen LogP contribution >= 0.6 is 11.8 Å². The lowest BCUT2D eigenvalue weighted by atomic mass is 10.0. The first-order valence-electron chi connectivity index (χ1n) is 5.52. The molecule has 0 aliphatic heterocycles. The second-order valence-corrected chi connectivity index (χ2v) is 5.41. The number of hydrogen-bond acceptors (Lipinski definition) is 3. The van der Waals surface area contributed by atoms with Crippen LogP contribution in [0.25, 0.3) is 0 Å². The number of thioether (sulfide) groups is 1. The first-order chi connectivity index (χ1) is 6.97. The van der Waals surface area contributed by atoms with E-state index in [0.29, 0.717) is 5.92 Å². The molecule has 0 aromatic carbocycles. The molecule has 0 bridgehead atoms. The van der Waals surface area contributed by atoms with Gasteiger partial charge in [-0.3, -0.25) is 4.79 Å². The van der Waals surface area contributed by atoms with Crippen LogP contribution in [0.5, 0.6) is 0 Å². The normalized spacial score (nSPS) is 15.1. The largest absolute Gasteiger partial charge is 0.352 e. The van der Waals surface area contributed by atoms with Gasteiger partial charge in [0.25, 0.3) is 0 Å². The maximum atomic E-state index is 11.6. The number of hydrogen-bond donors (Lipinski definition) is 2. The van der Waals surface area contributed by atoms with Crippen molar-refractivity contribution in [1.29, 1.82) is 0 Å². The molecule has 0 rings (SSSR count). The van der Waals surface area contributed by atoms with Crippen LogP contribution in [0.15, 0.2) is 0 Å². The minimum Gasteiger partial charge on any atom is -0.352 e. The van der Waals surface area contributed by atoms with E-state index in [4.69, 9.17) is 5.73 Å². The van der Waals surface area contributed by atoms with Crippen molar-refractivity contribution in [2.24, 2.45) is 11.7 Å². The molecule has 0 aliphatic carbocycles. The van der Waals surface area contributed by atoms with Crippen LogP contribution in [0.3, 0.4) is 0 Å². The summed E-state index contributed by atoms with van der Waals surface area (Å²) in [6.07, 6.45) is 3.77. The lowest BCUT2D eigenvalue weighted by Crippen LogP contribution is -2.45. The quantitative estimate of drug-likeness (QED) is 0.701. The highest BCUT2D eigenvalue weighted by Gasteiger charge is 2.15. The topological polar surface area (TPSA) is 55.1 Å². The lowest BCUT2D eigenvalue weighted by molar-refractivity contribution is -0.123. The SMILES string of the molecule is CSCC[C@H](N)C(=O)NC(C)CC(C)C. The van der Waals surface area contributed by atoms with Gasteiger partial charge in [0.2, 0.25) is 5.91 Å².